The molecule has 2 aliphatic rings. The summed E-state index contributed by atoms with van der Waals surface area (Å²) in [7, 11) is -1.39. The Bertz CT molecular complexity index is 1580. The number of ether oxygens (including phenoxy) is 1. The number of rotatable bonds is 8. The Kier molecular flexibility index (Phi) is 9.83. The van der Waals surface area contributed by atoms with Gasteiger partial charge in [0, 0.05) is 68.1 Å². The number of aromatic nitrogens is 2. The fourth-order valence-corrected chi connectivity index (χ4v) is 7.24. The smallest absolute Gasteiger partial charge is 0.410 e. The molecule has 242 valence electrons. The third-order valence-corrected chi connectivity index (χ3v) is 10.0. The number of likely N-dealkylation sites (tertiary alicyclic amines) is 1. The van der Waals surface area contributed by atoms with Gasteiger partial charge in [0.15, 0.2) is 9.84 Å². The molecule has 5 rings (SSSR count). The Morgan fingerprint density at radius 1 is 0.956 bits per heavy atom. The average molecular weight is 636 g/mol. The lowest BCUT2D eigenvalue weighted by Crippen LogP contribution is -2.44. The molecule has 45 heavy (non-hydrogen) atoms. The van der Waals surface area contributed by atoms with Crippen LogP contribution in [-0.2, 0) is 14.6 Å². The van der Waals surface area contributed by atoms with Crippen molar-refractivity contribution in [1.29, 1.82) is 0 Å². The molecule has 0 atom stereocenters. The van der Waals surface area contributed by atoms with Crippen LogP contribution in [0.3, 0.4) is 0 Å². The SMILES string of the molecule is Cc1cnc(Nc2ccc(N3CCN(C)CC3)cc2)nc1Nc1cccc(S(=O)(=O)CC2CCN(C(=O)OC(C)(C)C)CC2)c1. The van der Waals surface area contributed by atoms with Gasteiger partial charge in [-0.15, -0.1) is 0 Å². The number of hydrogen-bond donors (Lipinski definition) is 2. The second-order valence-corrected chi connectivity index (χ2v) is 15.1. The van der Waals surface area contributed by atoms with Crippen LogP contribution in [0.1, 0.15) is 39.2 Å². The van der Waals surface area contributed by atoms with Crippen LogP contribution in [0.25, 0.3) is 0 Å². The minimum Gasteiger partial charge on any atom is -0.444 e. The van der Waals surface area contributed by atoms with Gasteiger partial charge in [0.25, 0.3) is 0 Å². The zero-order valence-corrected chi connectivity index (χ0v) is 27.7. The highest BCUT2D eigenvalue weighted by Crippen LogP contribution is 2.27. The van der Waals surface area contributed by atoms with E-state index in [-0.39, 0.29) is 22.7 Å². The van der Waals surface area contributed by atoms with E-state index in [1.54, 1.807) is 29.3 Å². The predicted molar refractivity (Wildman–Crippen MR) is 179 cm³/mol. The number of piperazine rings is 1. The Balaban J connectivity index is 1.19. The first-order valence-electron chi connectivity index (χ1n) is 15.6. The summed E-state index contributed by atoms with van der Waals surface area (Å²) < 4.78 is 32.3. The van der Waals surface area contributed by atoms with E-state index in [4.69, 9.17) is 4.74 Å². The molecular weight excluding hydrogens is 590 g/mol. The Hall–Kier alpha value is -3.90. The number of amides is 1. The number of carbonyl (C=O) groups is 1. The van der Waals surface area contributed by atoms with Crippen LogP contribution in [0.2, 0.25) is 0 Å². The first-order valence-corrected chi connectivity index (χ1v) is 17.2. The van der Waals surface area contributed by atoms with Crippen LogP contribution >= 0.6 is 0 Å². The van der Waals surface area contributed by atoms with Crippen molar-refractivity contribution in [3.8, 4) is 0 Å². The molecule has 12 heteroatoms. The van der Waals surface area contributed by atoms with Crippen LogP contribution in [0.15, 0.2) is 59.6 Å². The molecule has 0 bridgehead atoms. The van der Waals surface area contributed by atoms with Gasteiger partial charge in [-0.3, -0.25) is 0 Å². The van der Waals surface area contributed by atoms with E-state index in [1.807, 2.05) is 45.9 Å². The molecule has 2 aromatic carbocycles. The number of benzene rings is 2. The maximum absolute atomic E-state index is 13.4. The second kappa shape index (κ2) is 13.6. The number of anilines is 5. The van der Waals surface area contributed by atoms with Crippen molar-refractivity contribution < 1.29 is 17.9 Å². The van der Waals surface area contributed by atoms with E-state index < -0.39 is 15.4 Å². The number of sulfone groups is 1. The van der Waals surface area contributed by atoms with Gasteiger partial charge in [-0.1, -0.05) is 6.07 Å². The standard InChI is InChI=1S/C33H45N7O4S/c1-24-22-34-31(36-26-9-11-28(12-10-26)39-19-17-38(5)18-20-39)37-30(24)35-27-7-6-8-29(21-27)45(42,43)23-25-13-15-40(16-14-25)32(41)44-33(2,3)4/h6-12,21-22,25H,13-20,23H2,1-5H3,(H2,34,35,36,37). The number of piperidine rings is 1. The molecule has 2 fully saturated rings. The molecule has 3 heterocycles. The minimum atomic E-state index is -3.54. The molecule has 2 N–H and O–H groups in total. The predicted octanol–water partition coefficient (Wildman–Crippen LogP) is 5.44. The molecule has 0 saturated carbocycles. The van der Waals surface area contributed by atoms with Crippen molar-refractivity contribution in [2.75, 3.05) is 67.6 Å². The lowest BCUT2D eigenvalue weighted by molar-refractivity contribution is 0.0191. The highest BCUT2D eigenvalue weighted by Gasteiger charge is 2.30. The summed E-state index contributed by atoms with van der Waals surface area (Å²) in [5.74, 6) is 1.04. The lowest BCUT2D eigenvalue weighted by Gasteiger charge is -2.34. The van der Waals surface area contributed by atoms with Gasteiger partial charge >= 0.3 is 6.09 Å². The van der Waals surface area contributed by atoms with Crippen LogP contribution in [0, 0.1) is 12.8 Å². The molecule has 3 aromatic rings. The number of carbonyl (C=O) groups excluding carboxylic acids is 1. The highest BCUT2D eigenvalue weighted by molar-refractivity contribution is 7.91. The zero-order valence-electron chi connectivity index (χ0n) is 26.9. The summed E-state index contributed by atoms with van der Waals surface area (Å²) in [6.07, 6.45) is 2.62. The molecule has 11 nitrogen and oxygen atoms in total. The Labute approximate surface area is 266 Å². The van der Waals surface area contributed by atoms with Gasteiger partial charge in [-0.25, -0.2) is 18.2 Å². The summed E-state index contributed by atoms with van der Waals surface area (Å²) in [6.45, 7) is 12.5. The summed E-state index contributed by atoms with van der Waals surface area (Å²) in [6, 6.07) is 15.1. The normalized spacial score (nSPS) is 16.8. The van der Waals surface area contributed by atoms with E-state index in [9.17, 15) is 13.2 Å². The van der Waals surface area contributed by atoms with Crippen LogP contribution in [0.5, 0.6) is 0 Å². The van der Waals surface area contributed by atoms with Gasteiger partial charge in [0.2, 0.25) is 5.95 Å². The summed E-state index contributed by atoms with van der Waals surface area (Å²) >= 11 is 0. The summed E-state index contributed by atoms with van der Waals surface area (Å²) in [5, 5.41) is 6.56. The third kappa shape index (κ3) is 8.85. The van der Waals surface area contributed by atoms with Crippen LogP contribution in [-0.4, -0.2) is 91.9 Å². The first kappa shape index (κ1) is 32.5. The number of hydrogen-bond acceptors (Lipinski definition) is 10. The molecule has 1 aromatic heterocycles. The van der Waals surface area contributed by atoms with E-state index in [1.165, 1.54) is 5.69 Å². The fourth-order valence-electron chi connectivity index (χ4n) is 5.50. The number of likely N-dealkylation sites (N-methyl/N-ethyl adjacent to an activating group) is 1. The molecule has 1 amide bonds. The Morgan fingerprint density at radius 2 is 1.64 bits per heavy atom. The number of nitrogens with one attached hydrogen (secondary N) is 2. The third-order valence-electron chi connectivity index (χ3n) is 8.14. The van der Waals surface area contributed by atoms with E-state index in [0.717, 1.165) is 37.4 Å². The van der Waals surface area contributed by atoms with Crippen molar-refractivity contribution in [2.45, 2.75) is 51.0 Å². The van der Waals surface area contributed by atoms with E-state index >= 15 is 0 Å². The largest absolute Gasteiger partial charge is 0.444 e. The lowest BCUT2D eigenvalue weighted by atomic mass is 9.99. The van der Waals surface area contributed by atoms with Gasteiger partial charge in [-0.05, 0) is 96.0 Å². The van der Waals surface area contributed by atoms with Crippen molar-refractivity contribution in [3.05, 3.63) is 60.3 Å². The molecule has 0 spiro atoms. The number of nitrogens with zero attached hydrogens (tertiary/aromatic N) is 5. The second-order valence-electron chi connectivity index (χ2n) is 13.0. The summed E-state index contributed by atoms with van der Waals surface area (Å²) in [5.41, 5.74) is 2.97. The molecule has 2 aliphatic heterocycles. The van der Waals surface area contributed by atoms with Gasteiger partial charge in [0.05, 0.1) is 10.6 Å². The molecule has 0 unspecified atom stereocenters. The molecule has 2 saturated heterocycles. The summed E-state index contributed by atoms with van der Waals surface area (Å²) in [4.78, 5) is 28.1. The van der Waals surface area contributed by atoms with Crippen LogP contribution in [0.4, 0.5) is 33.6 Å². The van der Waals surface area contributed by atoms with Crippen molar-refractivity contribution in [2.24, 2.45) is 5.92 Å². The monoisotopic (exact) mass is 635 g/mol. The molecular formula is C33H45N7O4S. The van der Waals surface area contributed by atoms with Crippen molar-refractivity contribution in [1.82, 2.24) is 19.8 Å². The highest BCUT2D eigenvalue weighted by atomic mass is 32.2. The van der Waals surface area contributed by atoms with E-state index in [0.29, 0.717) is 43.4 Å². The quantitative estimate of drug-likeness (QED) is 0.331. The van der Waals surface area contributed by atoms with Crippen molar-refractivity contribution in [3.63, 3.8) is 0 Å². The number of aryl methyl sites for hydroxylation is 1. The maximum Gasteiger partial charge on any atom is 0.410 e. The molecule has 0 radical (unpaired) electrons. The van der Waals surface area contributed by atoms with Gasteiger partial charge in [0.1, 0.15) is 11.4 Å². The first-order chi connectivity index (χ1) is 21.3. The molecule has 0 aliphatic carbocycles. The topological polar surface area (TPSA) is 120 Å². The van der Waals surface area contributed by atoms with Crippen LogP contribution < -0.4 is 15.5 Å². The van der Waals surface area contributed by atoms with Gasteiger partial charge < -0.3 is 30.1 Å². The minimum absolute atomic E-state index is 0.0290. The van der Waals surface area contributed by atoms with Crippen molar-refractivity contribution >= 4 is 44.8 Å². The average Bonchev–Trinajstić information content (AvgIpc) is 2.99. The van der Waals surface area contributed by atoms with E-state index in [2.05, 4.69) is 49.6 Å². The fraction of sp³-hybridized carbons (Fsp3) is 0.485. The Morgan fingerprint density at radius 3 is 2.31 bits per heavy atom. The zero-order chi connectivity index (χ0) is 32.2. The maximum atomic E-state index is 13.4. The van der Waals surface area contributed by atoms with Gasteiger partial charge in [-0.2, -0.15) is 4.98 Å².